The van der Waals surface area contributed by atoms with Gasteiger partial charge in [-0.25, -0.2) is 13.4 Å². The molecule has 0 aliphatic heterocycles. The molecule has 0 radical (unpaired) electrons. The van der Waals surface area contributed by atoms with E-state index in [1.807, 2.05) is 13.8 Å². The Morgan fingerprint density at radius 3 is 2.61 bits per heavy atom. The third-order valence-corrected chi connectivity index (χ3v) is 9.05. The highest BCUT2D eigenvalue weighted by molar-refractivity contribution is 7.92. The van der Waals surface area contributed by atoms with Crippen LogP contribution in [0.1, 0.15) is 49.8 Å². The molecule has 2 aromatic carbocycles. The topological polar surface area (TPSA) is 97.4 Å². The summed E-state index contributed by atoms with van der Waals surface area (Å²) >= 11 is 7.43. The van der Waals surface area contributed by atoms with Crippen molar-refractivity contribution in [2.24, 2.45) is 5.92 Å². The monoisotopic (exact) mass is 547 g/mol. The van der Waals surface area contributed by atoms with Gasteiger partial charge in [-0.1, -0.05) is 48.6 Å². The van der Waals surface area contributed by atoms with Crippen LogP contribution in [-0.4, -0.2) is 26.4 Å². The van der Waals surface area contributed by atoms with Crippen LogP contribution in [0.2, 0.25) is 5.02 Å². The first-order chi connectivity index (χ1) is 17.1. The summed E-state index contributed by atoms with van der Waals surface area (Å²) in [6.07, 6.45) is 6.33. The number of sulfonamides is 1. The quantitative estimate of drug-likeness (QED) is 0.307. The second kappa shape index (κ2) is 11.2. The van der Waals surface area contributed by atoms with Crippen molar-refractivity contribution < 1.29 is 17.9 Å². The fourth-order valence-electron chi connectivity index (χ4n) is 4.57. The van der Waals surface area contributed by atoms with Gasteiger partial charge in [0.25, 0.3) is 10.0 Å². The molecule has 0 saturated heterocycles. The number of rotatable bonds is 9. The van der Waals surface area contributed by atoms with Gasteiger partial charge in [-0.05, 0) is 73.7 Å². The smallest absolute Gasteiger partial charge is 0.265 e. The first-order valence-corrected chi connectivity index (χ1v) is 14.6. The van der Waals surface area contributed by atoms with E-state index in [0.29, 0.717) is 39.4 Å². The van der Waals surface area contributed by atoms with E-state index in [1.165, 1.54) is 44.1 Å². The van der Waals surface area contributed by atoms with Crippen LogP contribution >= 0.6 is 22.9 Å². The third-order valence-electron chi connectivity index (χ3n) is 6.31. The van der Waals surface area contributed by atoms with E-state index in [1.54, 1.807) is 36.4 Å². The number of thiazole rings is 1. The fraction of sp³-hybridized carbons (Fsp3) is 0.385. The zero-order valence-corrected chi connectivity index (χ0v) is 22.9. The molecule has 3 aromatic rings. The molecule has 4 rings (SSSR count). The zero-order valence-electron chi connectivity index (χ0n) is 20.6. The molecule has 2 N–H and O–H groups in total. The minimum Gasteiger partial charge on any atom is -0.495 e. The van der Waals surface area contributed by atoms with Crippen LogP contribution in [0.3, 0.4) is 0 Å². The van der Waals surface area contributed by atoms with Crippen LogP contribution in [-0.2, 0) is 14.8 Å². The number of hydrogen-bond acceptors (Lipinski definition) is 6. The summed E-state index contributed by atoms with van der Waals surface area (Å²) in [5.41, 5.74) is 2.57. The Morgan fingerprint density at radius 2 is 1.92 bits per heavy atom. The largest absolute Gasteiger partial charge is 0.495 e. The highest BCUT2D eigenvalue weighted by atomic mass is 35.5. The first kappa shape index (κ1) is 26.4. The summed E-state index contributed by atoms with van der Waals surface area (Å²) in [5.74, 6) is 0.822. The third kappa shape index (κ3) is 6.38. The molecular formula is C26H30ClN3O4S2. The number of hydrogen-bond donors (Lipinski definition) is 2. The maximum Gasteiger partial charge on any atom is 0.265 e. The highest BCUT2D eigenvalue weighted by Crippen LogP contribution is 2.37. The number of aromatic nitrogens is 1. The summed E-state index contributed by atoms with van der Waals surface area (Å²) in [6, 6.07) is 9.97. The summed E-state index contributed by atoms with van der Waals surface area (Å²) in [5, 5.41) is 3.85. The Hall–Kier alpha value is -2.62. The second-order valence-corrected chi connectivity index (χ2v) is 12.2. The summed E-state index contributed by atoms with van der Waals surface area (Å²) in [6.45, 7) is 3.67. The highest BCUT2D eigenvalue weighted by Gasteiger charge is 2.23. The number of halogens is 1. The van der Waals surface area contributed by atoms with E-state index in [4.69, 9.17) is 16.3 Å². The molecular weight excluding hydrogens is 518 g/mol. The van der Waals surface area contributed by atoms with E-state index in [0.717, 1.165) is 16.9 Å². The summed E-state index contributed by atoms with van der Waals surface area (Å²) in [7, 11) is -2.55. The molecule has 0 atom stereocenters. The van der Waals surface area contributed by atoms with Crippen molar-refractivity contribution >= 4 is 49.7 Å². The van der Waals surface area contributed by atoms with Gasteiger partial charge in [-0.3, -0.25) is 9.52 Å². The molecule has 10 heteroatoms. The Bertz CT molecular complexity index is 1350. The van der Waals surface area contributed by atoms with Gasteiger partial charge in [0.05, 0.1) is 23.4 Å². The number of carbonyl (C=O) groups is 1. The molecule has 1 heterocycles. The number of benzene rings is 2. The number of anilines is 2. The second-order valence-electron chi connectivity index (χ2n) is 9.16. The number of amides is 1. The molecule has 1 fully saturated rings. The number of aryl methyl sites for hydroxylation is 2. The molecule has 36 heavy (non-hydrogen) atoms. The molecule has 1 aliphatic carbocycles. The lowest BCUT2D eigenvalue weighted by Crippen LogP contribution is -2.14. The van der Waals surface area contributed by atoms with Gasteiger partial charge < -0.3 is 10.1 Å². The molecule has 1 saturated carbocycles. The Balaban J connectivity index is 1.56. The van der Waals surface area contributed by atoms with Crippen molar-refractivity contribution in [1.29, 1.82) is 0 Å². The number of methoxy groups -OCH3 is 1. The van der Waals surface area contributed by atoms with Gasteiger partial charge in [0.2, 0.25) is 5.91 Å². The number of ether oxygens (including phenoxy) is 1. The van der Waals surface area contributed by atoms with E-state index < -0.39 is 10.0 Å². The molecule has 0 bridgehead atoms. The van der Waals surface area contributed by atoms with Crippen molar-refractivity contribution in [3.8, 4) is 16.2 Å². The summed E-state index contributed by atoms with van der Waals surface area (Å²) < 4.78 is 34.5. The molecule has 192 valence electrons. The Kier molecular flexibility index (Phi) is 8.22. The lowest BCUT2D eigenvalue weighted by atomic mass is 10.0. The van der Waals surface area contributed by atoms with Crippen LogP contribution in [0.15, 0.2) is 41.3 Å². The number of nitrogens with one attached hydrogen (secondary N) is 2. The van der Waals surface area contributed by atoms with Crippen molar-refractivity contribution in [1.82, 2.24) is 4.98 Å². The fourth-order valence-corrected chi connectivity index (χ4v) is 7.07. The maximum absolute atomic E-state index is 13.3. The molecule has 7 nitrogen and oxygen atoms in total. The van der Waals surface area contributed by atoms with Crippen molar-refractivity contribution in [2.45, 2.75) is 57.3 Å². The van der Waals surface area contributed by atoms with Crippen LogP contribution in [0.5, 0.6) is 5.75 Å². The lowest BCUT2D eigenvalue weighted by Gasteiger charge is -2.13. The first-order valence-electron chi connectivity index (χ1n) is 11.9. The minimum atomic E-state index is -3.98. The van der Waals surface area contributed by atoms with Crippen LogP contribution in [0.4, 0.5) is 10.8 Å². The predicted octanol–water partition coefficient (Wildman–Crippen LogP) is 6.80. The SMILES string of the molecule is COc1ccc(-c2sc(NC(=O)CCC3CCCC3)nc2C)cc1S(=O)(=O)Nc1cc(C)cc(Cl)c1. The molecule has 0 spiro atoms. The van der Waals surface area contributed by atoms with Crippen LogP contribution in [0, 0.1) is 19.8 Å². The minimum absolute atomic E-state index is 0.00456. The molecule has 1 aliphatic rings. The van der Waals surface area contributed by atoms with Crippen LogP contribution in [0.25, 0.3) is 10.4 Å². The Labute approximate surface area is 221 Å². The zero-order chi connectivity index (χ0) is 25.9. The van der Waals surface area contributed by atoms with Gasteiger partial charge in [0.1, 0.15) is 10.6 Å². The van der Waals surface area contributed by atoms with Gasteiger partial charge in [-0.2, -0.15) is 0 Å². The average molecular weight is 548 g/mol. The van der Waals surface area contributed by atoms with E-state index >= 15 is 0 Å². The molecule has 1 aromatic heterocycles. The van der Waals surface area contributed by atoms with E-state index in [2.05, 4.69) is 15.0 Å². The van der Waals surface area contributed by atoms with Crippen LogP contribution < -0.4 is 14.8 Å². The Morgan fingerprint density at radius 1 is 1.17 bits per heavy atom. The van der Waals surface area contributed by atoms with Crippen molar-refractivity contribution in [2.75, 3.05) is 17.1 Å². The van der Waals surface area contributed by atoms with E-state index in [9.17, 15) is 13.2 Å². The molecule has 0 unspecified atom stereocenters. The summed E-state index contributed by atoms with van der Waals surface area (Å²) in [4.78, 5) is 17.7. The predicted molar refractivity (Wildman–Crippen MR) is 146 cm³/mol. The van der Waals surface area contributed by atoms with E-state index in [-0.39, 0.29) is 16.6 Å². The lowest BCUT2D eigenvalue weighted by molar-refractivity contribution is -0.116. The maximum atomic E-state index is 13.3. The average Bonchev–Trinajstić information content (AvgIpc) is 3.46. The van der Waals surface area contributed by atoms with Gasteiger partial charge in [0.15, 0.2) is 5.13 Å². The van der Waals surface area contributed by atoms with Gasteiger partial charge >= 0.3 is 0 Å². The number of nitrogens with zero attached hydrogens (tertiary/aromatic N) is 1. The normalized spacial score (nSPS) is 14.1. The van der Waals surface area contributed by atoms with Crippen molar-refractivity contribution in [3.63, 3.8) is 0 Å². The van der Waals surface area contributed by atoms with Gasteiger partial charge in [-0.15, -0.1) is 0 Å². The van der Waals surface area contributed by atoms with Gasteiger partial charge in [0, 0.05) is 11.4 Å². The standard InChI is InChI=1S/C26H30ClN3O4S2/c1-16-12-20(27)15-21(13-16)30-36(32,33)23-14-19(9-10-22(23)34-3)25-17(2)28-26(35-25)29-24(31)11-8-18-6-4-5-7-18/h9-10,12-15,18,30H,4-8,11H2,1-3H3,(H,28,29,31). The van der Waals surface area contributed by atoms with Crippen molar-refractivity contribution in [3.05, 3.63) is 52.7 Å². The molecule has 1 amide bonds. The number of carbonyl (C=O) groups excluding carboxylic acids is 1.